The second kappa shape index (κ2) is 5.74. The fourth-order valence-corrected chi connectivity index (χ4v) is 1.78. The molecule has 0 aliphatic heterocycles. The Labute approximate surface area is 117 Å². The average Bonchev–Trinajstić information content (AvgIpc) is 2.41. The maximum Gasteiger partial charge on any atom is 0.273 e. The molecule has 7 heteroatoms. The van der Waals surface area contributed by atoms with Gasteiger partial charge in [-0.2, -0.15) is 0 Å². The number of ketones is 1. The lowest BCUT2D eigenvalue weighted by Crippen LogP contribution is -2.06. The first kappa shape index (κ1) is 14.7. The molecule has 0 aromatic heterocycles. The first-order valence-corrected chi connectivity index (χ1v) is 5.79. The molecule has 0 spiro atoms. The Hall–Kier alpha value is -2.70. The van der Waals surface area contributed by atoms with Gasteiger partial charge in [-0.05, 0) is 17.7 Å². The Balaban J connectivity index is 2.30. The fraction of sp³-hybridized carbons (Fsp3) is 0.0714. The van der Waals surface area contributed by atoms with Gasteiger partial charge in [0.15, 0.2) is 5.78 Å². The Morgan fingerprint density at radius 1 is 1.05 bits per heavy atom. The number of carbonyl (C=O) groups excluding carboxylic acids is 1. The number of benzene rings is 2. The first-order valence-electron chi connectivity index (χ1n) is 5.79. The van der Waals surface area contributed by atoms with Crippen LogP contribution in [-0.2, 0) is 6.42 Å². The van der Waals surface area contributed by atoms with Gasteiger partial charge in [-0.3, -0.25) is 14.9 Å². The zero-order valence-corrected chi connectivity index (χ0v) is 10.5. The van der Waals surface area contributed by atoms with Crippen molar-refractivity contribution < 1.29 is 22.9 Å². The number of nitro groups is 1. The van der Waals surface area contributed by atoms with E-state index in [1.54, 1.807) is 0 Å². The Kier molecular flexibility index (Phi) is 4.02. The second-order valence-electron chi connectivity index (χ2n) is 4.29. The molecule has 0 heterocycles. The highest BCUT2D eigenvalue weighted by atomic mass is 19.1. The third kappa shape index (κ3) is 3.44. The van der Waals surface area contributed by atoms with E-state index in [2.05, 4.69) is 0 Å². The van der Waals surface area contributed by atoms with Gasteiger partial charge < -0.3 is 0 Å². The van der Waals surface area contributed by atoms with E-state index in [1.165, 1.54) is 0 Å². The molecule has 0 radical (unpaired) electrons. The normalized spacial score (nSPS) is 10.4. The third-order valence-electron chi connectivity index (χ3n) is 2.78. The van der Waals surface area contributed by atoms with Gasteiger partial charge in [-0.25, -0.2) is 13.2 Å². The summed E-state index contributed by atoms with van der Waals surface area (Å²) in [6.45, 7) is 0. The molecule has 21 heavy (non-hydrogen) atoms. The van der Waals surface area contributed by atoms with E-state index in [9.17, 15) is 28.1 Å². The predicted octanol–water partition coefficient (Wildman–Crippen LogP) is 3.44. The number of nitrogens with zero attached hydrogens (tertiary/aromatic N) is 1. The minimum Gasteiger partial charge on any atom is -0.294 e. The van der Waals surface area contributed by atoms with Crippen LogP contribution < -0.4 is 0 Å². The lowest BCUT2D eigenvalue weighted by Gasteiger charge is -2.04. The molecule has 0 saturated carbocycles. The molecule has 4 nitrogen and oxygen atoms in total. The molecule has 0 aliphatic rings. The molecule has 0 fully saturated rings. The summed E-state index contributed by atoms with van der Waals surface area (Å²) >= 11 is 0. The number of hydrogen-bond donors (Lipinski definition) is 0. The van der Waals surface area contributed by atoms with Crippen LogP contribution in [0.3, 0.4) is 0 Å². The minimum atomic E-state index is -0.938. The molecule has 2 rings (SSSR count). The summed E-state index contributed by atoms with van der Waals surface area (Å²) < 4.78 is 39.4. The van der Waals surface area contributed by atoms with Gasteiger partial charge in [-0.15, -0.1) is 0 Å². The van der Waals surface area contributed by atoms with Crippen LogP contribution in [0.5, 0.6) is 0 Å². The van der Waals surface area contributed by atoms with Gasteiger partial charge >= 0.3 is 0 Å². The molecule has 0 bridgehead atoms. The van der Waals surface area contributed by atoms with Crippen molar-refractivity contribution in [1.82, 2.24) is 0 Å². The zero-order chi connectivity index (χ0) is 15.6. The van der Waals surface area contributed by atoms with Crippen molar-refractivity contribution in [3.05, 3.63) is 75.1 Å². The van der Waals surface area contributed by atoms with E-state index >= 15 is 0 Å². The van der Waals surface area contributed by atoms with Crippen LogP contribution >= 0.6 is 0 Å². The molecule has 0 unspecified atom stereocenters. The molecule has 0 aliphatic carbocycles. The Morgan fingerprint density at radius 3 is 2.38 bits per heavy atom. The van der Waals surface area contributed by atoms with E-state index in [0.29, 0.717) is 12.1 Å². The molecule has 0 N–H and O–H groups in total. The van der Waals surface area contributed by atoms with E-state index in [4.69, 9.17) is 0 Å². The lowest BCUT2D eigenvalue weighted by molar-refractivity contribution is -0.385. The van der Waals surface area contributed by atoms with Crippen LogP contribution in [0.4, 0.5) is 18.9 Å². The fourth-order valence-electron chi connectivity index (χ4n) is 1.78. The Bertz CT molecular complexity index is 731. The maximum absolute atomic E-state index is 13.4. The summed E-state index contributed by atoms with van der Waals surface area (Å²) in [7, 11) is 0. The molecule has 2 aromatic rings. The monoisotopic (exact) mass is 295 g/mol. The smallest absolute Gasteiger partial charge is 0.273 e. The van der Waals surface area contributed by atoms with Crippen molar-refractivity contribution in [2.45, 2.75) is 6.42 Å². The van der Waals surface area contributed by atoms with E-state index < -0.39 is 40.3 Å². The zero-order valence-electron chi connectivity index (χ0n) is 10.5. The molecule has 108 valence electrons. The van der Waals surface area contributed by atoms with Gasteiger partial charge in [0, 0.05) is 24.1 Å². The van der Waals surface area contributed by atoms with Gasteiger partial charge in [0.25, 0.3) is 5.69 Å². The predicted molar refractivity (Wildman–Crippen MR) is 67.4 cm³/mol. The van der Waals surface area contributed by atoms with Gasteiger partial charge in [0.1, 0.15) is 17.5 Å². The number of Topliss-reactive ketones (excluding diaryl/α,β-unsaturated/α-hetero) is 1. The van der Waals surface area contributed by atoms with Crippen LogP contribution in [0.15, 0.2) is 36.4 Å². The molecular weight excluding hydrogens is 287 g/mol. The summed E-state index contributed by atoms with van der Waals surface area (Å²) in [6, 6.07) is 5.12. The highest BCUT2D eigenvalue weighted by Crippen LogP contribution is 2.19. The van der Waals surface area contributed by atoms with E-state index in [1.807, 2.05) is 0 Å². The largest absolute Gasteiger partial charge is 0.294 e. The summed E-state index contributed by atoms with van der Waals surface area (Å²) in [5, 5.41) is 10.6. The molecule has 0 atom stereocenters. The highest BCUT2D eigenvalue weighted by molar-refractivity contribution is 5.98. The highest BCUT2D eigenvalue weighted by Gasteiger charge is 2.16. The van der Waals surface area contributed by atoms with Crippen molar-refractivity contribution in [1.29, 1.82) is 0 Å². The number of hydrogen-bond acceptors (Lipinski definition) is 3. The molecule has 0 amide bonds. The summed E-state index contributed by atoms with van der Waals surface area (Å²) in [5.74, 6) is -3.34. The van der Waals surface area contributed by atoms with E-state index in [0.717, 1.165) is 24.3 Å². The van der Waals surface area contributed by atoms with Crippen LogP contribution in [0.1, 0.15) is 15.9 Å². The minimum absolute atomic E-state index is 0.0756. The number of rotatable bonds is 4. The number of nitro benzene ring substituents is 1. The van der Waals surface area contributed by atoms with Gasteiger partial charge in [0.05, 0.1) is 11.0 Å². The van der Waals surface area contributed by atoms with Crippen LogP contribution in [0.2, 0.25) is 0 Å². The number of carbonyl (C=O) groups is 1. The quantitative estimate of drug-likeness (QED) is 0.493. The van der Waals surface area contributed by atoms with Gasteiger partial charge in [0.2, 0.25) is 0 Å². The SMILES string of the molecule is O=C(Cc1ccc(F)cc1F)c1cc(F)cc([N+](=O)[O-])c1. The van der Waals surface area contributed by atoms with Crippen LogP contribution in [0.25, 0.3) is 0 Å². The van der Waals surface area contributed by atoms with Crippen molar-refractivity contribution in [2.75, 3.05) is 0 Å². The summed E-state index contributed by atoms with van der Waals surface area (Å²) in [6.07, 6.45) is -0.452. The first-order chi connectivity index (χ1) is 9.86. The Morgan fingerprint density at radius 2 is 1.76 bits per heavy atom. The standard InChI is InChI=1S/C14H8F3NO3/c15-10-2-1-8(13(17)7-10)5-14(19)9-3-11(16)6-12(4-9)18(20)21/h1-4,6-7H,5H2. The van der Waals surface area contributed by atoms with Crippen LogP contribution in [0, 0.1) is 27.6 Å². The van der Waals surface area contributed by atoms with Crippen LogP contribution in [-0.4, -0.2) is 10.7 Å². The van der Waals surface area contributed by atoms with Crippen molar-refractivity contribution in [3.63, 3.8) is 0 Å². The number of non-ortho nitro benzene ring substituents is 1. The third-order valence-corrected chi connectivity index (χ3v) is 2.78. The number of halogens is 3. The molecular formula is C14H8F3NO3. The topological polar surface area (TPSA) is 60.2 Å². The van der Waals surface area contributed by atoms with Crippen molar-refractivity contribution in [2.24, 2.45) is 0 Å². The second-order valence-corrected chi connectivity index (χ2v) is 4.29. The maximum atomic E-state index is 13.4. The lowest BCUT2D eigenvalue weighted by atomic mass is 10.0. The van der Waals surface area contributed by atoms with Crippen molar-refractivity contribution in [3.8, 4) is 0 Å². The average molecular weight is 295 g/mol. The molecule has 0 saturated heterocycles. The van der Waals surface area contributed by atoms with E-state index in [-0.39, 0.29) is 11.1 Å². The molecule has 2 aromatic carbocycles. The van der Waals surface area contributed by atoms with Gasteiger partial charge in [-0.1, -0.05) is 6.07 Å². The summed E-state index contributed by atoms with van der Waals surface area (Å²) in [5.41, 5.74) is -0.892. The van der Waals surface area contributed by atoms with Crippen molar-refractivity contribution >= 4 is 11.5 Å². The summed E-state index contributed by atoms with van der Waals surface area (Å²) in [4.78, 5) is 21.7.